The number of carbonyl (C=O) groups excluding carboxylic acids is 1. The van der Waals surface area contributed by atoms with Gasteiger partial charge < -0.3 is 15.8 Å². The van der Waals surface area contributed by atoms with Crippen LogP contribution in [-0.4, -0.2) is 49.8 Å². The first kappa shape index (κ1) is 19.6. The molecule has 0 radical (unpaired) electrons. The molecule has 0 bridgehead atoms. The van der Waals surface area contributed by atoms with Gasteiger partial charge in [0.2, 0.25) is 0 Å². The first-order valence-corrected chi connectivity index (χ1v) is 9.54. The van der Waals surface area contributed by atoms with Crippen LogP contribution in [0.5, 0.6) is 0 Å². The number of rotatable bonds is 3. The smallest absolute Gasteiger partial charge is 0.315 e. The van der Waals surface area contributed by atoms with Crippen LogP contribution in [-0.2, 0) is 24.9 Å². The molecular formula is C16H18F3N3O4S. The highest BCUT2D eigenvalue weighted by molar-refractivity contribution is 7.94. The van der Waals surface area contributed by atoms with Crippen molar-refractivity contribution < 1.29 is 31.1 Å². The summed E-state index contributed by atoms with van der Waals surface area (Å²) in [6.07, 6.45) is -3.26. The normalized spacial score (nSPS) is 28.5. The maximum absolute atomic E-state index is 14.6. The Labute approximate surface area is 153 Å². The number of amidine groups is 1. The van der Waals surface area contributed by atoms with E-state index in [-0.39, 0.29) is 30.3 Å². The zero-order chi connectivity index (χ0) is 20.2. The minimum absolute atomic E-state index is 0.118. The molecule has 0 unspecified atom stereocenters. The third kappa shape index (κ3) is 2.80. The largest absolute Gasteiger partial charge is 0.386 e. The molecule has 27 heavy (non-hydrogen) atoms. The number of amides is 1. The van der Waals surface area contributed by atoms with Crippen molar-refractivity contribution in [3.63, 3.8) is 0 Å². The summed E-state index contributed by atoms with van der Waals surface area (Å²) in [6, 6.07) is 3.12. The monoisotopic (exact) mass is 405 g/mol. The Morgan fingerprint density at radius 3 is 2.70 bits per heavy atom. The average Bonchev–Trinajstić information content (AvgIpc) is 3.00. The van der Waals surface area contributed by atoms with Crippen LogP contribution in [0.4, 0.5) is 18.9 Å². The van der Waals surface area contributed by atoms with Gasteiger partial charge in [0.25, 0.3) is 5.91 Å². The molecule has 148 valence electrons. The maximum Gasteiger partial charge on any atom is 0.315 e. The van der Waals surface area contributed by atoms with Gasteiger partial charge in [-0.1, -0.05) is 0 Å². The molecule has 7 nitrogen and oxygen atoms in total. The van der Waals surface area contributed by atoms with E-state index in [1.807, 2.05) is 5.32 Å². The summed E-state index contributed by atoms with van der Waals surface area (Å²) in [5, 5.41) is 0.742. The van der Waals surface area contributed by atoms with Gasteiger partial charge in [-0.25, -0.2) is 12.8 Å². The molecule has 11 heteroatoms. The third-order valence-electron chi connectivity index (χ3n) is 5.05. The maximum atomic E-state index is 14.6. The Balaban J connectivity index is 2.17. The Morgan fingerprint density at radius 1 is 1.41 bits per heavy atom. The molecule has 2 heterocycles. The summed E-state index contributed by atoms with van der Waals surface area (Å²) >= 11 is 0. The molecule has 1 aromatic carbocycles. The first-order chi connectivity index (χ1) is 12.4. The number of nitrogens with zero attached hydrogens (tertiary/aromatic N) is 1. The van der Waals surface area contributed by atoms with Gasteiger partial charge in [-0.2, -0.15) is 8.78 Å². The molecule has 1 saturated heterocycles. The number of fused-ring (bicyclic) bond motifs is 1. The predicted octanol–water partition coefficient (Wildman–Crippen LogP) is 1.19. The summed E-state index contributed by atoms with van der Waals surface area (Å²) in [6.45, 7) is 2.34. The van der Waals surface area contributed by atoms with E-state index in [4.69, 9.17) is 10.5 Å². The Kier molecular flexibility index (Phi) is 4.50. The van der Waals surface area contributed by atoms with Gasteiger partial charge in [0, 0.05) is 11.3 Å². The van der Waals surface area contributed by atoms with Crippen LogP contribution in [0.25, 0.3) is 0 Å². The molecule has 2 aliphatic heterocycles. The van der Waals surface area contributed by atoms with E-state index in [1.54, 1.807) is 0 Å². The fraction of sp³-hybridized carbons (Fsp3) is 0.500. The van der Waals surface area contributed by atoms with Gasteiger partial charge in [0.1, 0.15) is 27.2 Å². The fourth-order valence-corrected chi connectivity index (χ4v) is 5.38. The van der Waals surface area contributed by atoms with Crippen molar-refractivity contribution in [1.29, 1.82) is 0 Å². The SMILES string of the molecule is CC1(C)C(N)=N[C@@]2(c3cc(NC(=O)C(F)F)ccc3F)COC[C@H]2S1(=O)=O. The van der Waals surface area contributed by atoms with E-state index < -0.39 is 43.5 Å². The number of nitrogens with two attached hydrogens (primary N) is 1. The highest BCUT2D eigenvalue weighted by Gasteiger charge is 2.62. The lowest BCUT2D eigenvalue weighted by Gasteiger charge is -2.41. The van der Waals surface area contributed by atoms with Crippen LogP contribution in [0.15, 0.2) is 23.2 Å². The van der Waals surface area contributed by atoms with Crippen molar-refractivity contribution in [2.45, 2.75) is 35.8 Å². The zero-order valence-corrected chi connectivity index (χ0v) is 15.3. The zero-order valence-electron chi connectivity index (χ0n) is 14.5. The number of benzene rings is 1. The molecule has 3 rings (SSSR count). The van der Waals surface area contributed by atoms with Crippen molar-refractivity contribution in [3.8, 4) is 0 Å². The number of alkyl halides is 2. The summed E-state index contributed by atoms with van der Waals surface area (Å²) in [5.41, 5.74) is 3.93. The van der Waals surface area contributed by atoms with Crippen molar-refractivity contribution in [1.82, 2.24) is 0 Å². The molecule has 1 amide bonds. The number of halogens is 3. The highest BCUT2D eigenvalue weighted by Crippen LogP contribution is 2.47. The lowest BCUT2D eigenvalue weighted by atomic mass is 9.87. The topological polar surface area (TPSA) is 111 Å². The lowest BCUT2D eigenvalue weighted by molar-refractivity contribution is -0.126. The van der Waals surface area contributed by atoms with Crippen molar-refractivity contribution in [3.05, 3.63) is 29.6 Å². The quantitative estimate of drug-likeness (QED) is 0.785. The summed E-state index contributed by atoms with van der Waals surface area (Å²) < 4.78 is 69.5. The fourth-order valence-electron chi connectivity index (χ4n) is 3.30. The number of ether oxygens (including phenoxy) is 1. The first-order valence-electron chi connectivity index (χ1n) is 7.99. The van der Waals surface area contributed by atoms with Crippen molar-refractivity contribution in [2.24, 2.45) is 10.7 Å². The predicted molar refractivity (Wildman–Crippen MR) is 91.9 cm³/mol. The highest BCUT2D eigenvalue weighted by atomic mass is 32.2. The number of hydrogen-bond acceptors (Lipinski definition) is 6. The van der Waals surface area contributed by atoms with Crippen LogP contribution in [0, 0.1) is 5.82 Å². The molecular weight excluding hydrogens is 387 g/mol. The van der Waals surface area contributed by atoms with Gasteiger partial charge in [-0.3, -0.25) is 9.79 Å². The van der Waals surface area contributed by atoms with E-state index >= 15 is 0 Å². The standard InChI is InChI=1S/C16H18F3N3O4S/c1-15(2)14(20)22-16(7-26-6-11(16)27(15,24)25)9-5-8(3-4-10(9)17)21-13(23)12(18)19/h3-5,11-12H,6-7H2,1-2H3,(H2,20,22)(H,21,23)/t11-,16-/m1/s1. The Bertz CT molecular complexity index is 933. The molecule has 2 aliphatic rings. The Hall–Kier alpha value is -2.14. The summed E-state index contributed by atoms with van der Waals surface area (Å²) in [5.74, 6) is -2.58. The third-order valence-corrected chi connectivity index (χ3v) is 7.95. The van der Waals surface area contributed by atoms with E-state index in [0.29, 0.717) is 0 Å². The minimum Gasteiger partial charge on any atom is -0.386 e. The second-order valence-electron chi connectivity index (χ2n) is 6.96. The second-order valence-corrected chi connectivity index (χ2v) is 9.64. The van der Waals surface area contributed by atoms with E-state index in [1.165, 1.54) is 13.8 Å². The van der Waals surface area contributed by atoms with Crippen LogP contribution < -0.4 is 11.1 Å². The molecule has 1 fully saturated rings. The molecule has 0 aromatic heterocycles. The number of sulfone groups is 1. The number of aliphatic imine (C=N–C) groups is 1. The summed E-state index contributed by atoms with van der Waals surface area (Å²) in [4.78, 5) is 15.5. The minimum atomic E-state index is -3.92. The van der Waals surface area contributed by atoms with Gasteiger partial charge in [-0.05, 0) is 32.0 Å². The molecule has 1 aromatic rings. The van der Waals surface area contributed by atoms with Gasteiger partial charge in [0.05, 0.1) is 13.2 Å². The van der Waals surface area contributed by atoms with Gasteiger partial charge in [0.15, 0.2) is 9.84 Å². The van der Waals surface area contributed by atoms with Crippen LogP contribution in [0.1, 0.15) is 19.4 Å². The van der Waals surface area contributed by atoms with Crippen molar-refractivity contribution in [2.75, 3.05) is 18.5 Å². The lowest BCUT2D eigenvalue weighted by Crippen LogP contribution is -2.60. The Morgan fingerprint density at radius 2 is 2.07 bits per heavy atom. The van der Waals surface area contributed by atoms with Gasteiger partial charge in [-0.15, -0.1) is 0 Å². The van der Waals surface area contributed by atoms with Crippen LogP contribution in [0.3, 0.4) is 0 Å². The molecule has 0 spiro atoms. The van der Waals surface area contributed by atoms with Gasteiger partial charge >= 0.3 is 6.43 Å². The van der Waals surface area contributed by atoms with E-state index in [9.17, 15) is 26.4 Å². The number of nitrogens with one attached hydrogen (secondary N) is 1. The number of hydrogen-bond donors (Lipinski definition) is 2. The second kappa shape index (κ2) is 6.20. The van der Waals surface area contributed by atoms with Crippen LogP contribution in [0.2, 0.25) is 0 Å². The average molecular weight is 405 g/mol. The molecule has 0 saturated carbocycles. The molecule has 3 N–H and O–H groups in total. The van der Waals surface area contributed by atoms with Crippen LogP contribution >= 0.6 is 0 Å². The molecule has 2 atom stereocenters. The van der Waals surface area contributed by atoms with E-state index in [2.05, 4.69) is 4.99 Å². The number of carbonyl (C=O) groups is 1. The summed E-state index contributed by atoms with van der Waals surface area (Å²) in [7, 11) is -3.92. The van der Waals surface area contributed by atoms with E-state index in [0.717, 1.165) is 18.2 Å². The van der Waals surface area contributed by atoms with Crippen molar-refractivity contribution >= 4 is 27.3 Å². The molecule has 0 aliphatic carbocycles. The number of anilines is 1.